The molecule has 7 heteroatoms. The lowest BCUT2D eigenvalue weighted by molar-refractivity contribution is -0.134. The van der Waals surface area contributed by atoms with Crippen LogP contribution in [0.5, 0.6) is 0 Å². The molecular weight excluding hydrogens is 222 g/mol. The predicted octanol–water partition coefficient (Wildman–Crippen LogP) is 0.146. The predicted molar refractivity (Wildman–Crippen MR) is 60.1 cm³/mol. The highest BCUT2D eigenvalue weighted by molar-refractivity contribution is 5.93. The fourth-order valence-corrected chi connectivity index (χ4v) is 1.82. The average Bonchev–Trinajstić information content (AvgIpc) is 2.71. The summed E-state index contributed by atoms with van der Waals surface area (Å²) in [5.74, 6) is 0.101. The van der Waals surface area contributed by atoms with E-state index in [1.165, 1.54) is 6.33 Å². The van der Waals surface area contributed by atoms with Crippen molar-refractivity contribution >= 4 is 17.8 Å². The van der Waals surface area contributed by atoms with Gasteiger partial charge in [0.25, 0.3) is 0 Å². The zero-order valence-corrected chi connectivity index (χ0v) is 9.48. The highest BCUT2D eigenvalue weighted by Crippen LogP contribution is 2.10. The molecule has 0 aliphatic carbocycles. The number of amides is 2. The van der Waals surface area contributed by atoms with Crippen molar-refractivity contribution in [1.29, 1.82) is 0 Å². The number of H-pyrrole nitrogens is 1. The molecule has 0 atom stereocenters. The molecule has 1 aromatic rings. The molecule has 2 heterocycles. The maximum Gasteiger partial charge on any atom is 0.246 e. The zero-order chi connectivity index (χ0) is 12.1. The highest BCUT2D eigenvalue weighted by Gasteiger charge is 2.19. The van der Waals surface area contributed by atoms with Gasteiger partial charge in [-0.3, -0.25) is 14.9 Å². The van der Waals surface area contributed by atoms with Crippen LogP contribution in [0.25, 0.3) is 0 Å². The second-order valence-corrected chi connectivity index (χ2v) is 4.01. The molecule has 0 spiro atoms. The molecular formula is C10H15N5O2. The van der Waals surface area contributed by atoms with Crippen molar-refractivity contribution in [2.24, 2.45) is 0 Å². The average molecular weight is 237 g/mol. The number of hydrogen-bond donors (Lipinski definition) is 2. The molecule has 1 aliphatic rings. The first-order chi connectivity index (χ1) is 8.25. The number of nitrogens with zero attached hydrogens (tertiary/aromatic N) is 3. The minimum atomic E-state index is -0.253. The monoisotopic (exact) mass is 237 g/mol. The normalized spacial score (nSPS) is 16.7. The molecule has 2 N–H and O–H groups in total. The summed E-state index contributed by atoms with van der Waals surface area (Å²) in [6.07, 6.45) is 4.77. The first-order valence-corrected chi connectivity index (χ1v) is 5.69. The SMILES string of the molecule is O=C(CN1CCCCCC1=O)Nc1ncn[nH]1. The van der Waals surface area contributed by atoms with Gasteiger partial charge in [-0.05, 0) is 12.8 Å². The fourth-order valence-electron chi connectivity index (χ4n) is 1.82. The Bertz CT molecular complexity index is 389. The van der Waals surface area contributed by atoms with Gasteiger partial charge in [-0.1, -0.05) is 6.42 Å². The summed E-state index contributed by atoms with van der Waals surface area (Å²) >= 11 is 0. The van der Waals surface area contributed by atoms with Crippen molar-refractivity contribution in [3.05, 3.63) is 6.33 Å². The summed E-state index contributed by atoms with van der Waals surface area (Å²) in [6, 6.07) is 0. The molecule has 1 fully saturated rings. The van der Waals surface area contributed by atoms with Crippen LogP contribution in [0.1, 0.15) is 25.7 Å². The number of anilines is 1. The van der Waals surface area contributed by atoms with Crippen LogP contribution >= 0.6 is 0 Å². The second kappa shape index (κ2) is 5.42. The van der Waals surface area contributed by atoms with Crippen LogP contribution in [-0.4, -0.2) is 45.0 Å². The molecule has 7 nitrogen and oxygen atoms in total. The van der Waals surface area contributed by atoms with E-state index in [1.54, 1.807) is 4.90 Å². The number of carbonyl (C=O) groups excluding carboxylic acids is 2. The quantitative estimate of drug-likeness (QED) is 0.782. The Balaban J connectivity index is 1.86. The third-order valence-corrected chi connectivity index (χ3v) is 2.68. The van der Waals surface area contributed by atoms with Crippen molar-refractivity contribution in [1.82, 2.24) is 20.1 Å². The minimum absolute atomic E-state index is 0.0511. The smallest absolute Gasteiger partial charge is 0.246 e. The van der Waals surface area contributed by atoms with Gasteiger partial charge >= 0.3 is 0 Å². The number of likely N-dealkylation sites (tertiary alicyclic amines) is 1. The minimum Gasteiger partial charge on any atom is -0.333 e. The van der Waals surface area contributed by atoms with Gasteiger partial charge in [0.2, 0.25) is 17.8 Å². The lowest BCUT2D eigenvalue weighted by Gasteiger charge is -2.19. The molecule has 2 amide bonds. The largest absolute Gasteiger partial charge is 0.333 e. The van der Waals surface area contributed by atoms with E-state index >= 15 is 0 Å². The summed E-state index contributed by atoms with van der Waals surface area (Å²) in [4.78, 5) is 28.7. The Hall–Kier alpha value is -1.92. The molecule has 0 radical (unpaired) electrons. The van der Waals surface area contributed by atoms with Gasteiger partial charge in [-0.15, -0.1) is 0 Å². The maximum absolute atomic E-state index is 11.7. The van der Waals surface area contributed by atoms with Crippen LogP contribution in [0.3, 0.4) is 0 Å². The van der Waals surface area contributed by atoms with Gasteiger partial charge in [0.15, 0.2) is 0 Å². The first kappa shape index (κ1) is 11.6. The molecule has 1 aromatic heterocycles. The van der Waals surface area contributed by atoms with Crippen LogP contribution in [-0.2, 0) is 9.59 Å². The first-order valence-electron chi connectivity index (χ1n) is 5.69. The van der Waals surface area contributed by atoms with Crippen molar-refractivity contribution in [3.63, 3.8) is 0 Å². The van der Waals surface area contributed by atoms with Crippen molar-refractivity contribution < 1.29 is 9.59 Å². The maximum atomic E-state index is 11.7. The van der Waals surface area contributed by atoms with E-state index in [2.05, 4.69) is 20.5 Å². The second-order valence-electron chi connectivity index (χ2n) is 4.01. The van der Waals surface area contributed by atoms with E-state index in [0.717, 1.165) is 19.3 Å². The standard InChI is InChI=1S/C10H15N5O2/c16-8(13-10-11-7-12-14-10)6-15-5-3-1-2-4-9(15)17/h7H,1-6H2,(H2,11,12,13,14,16). The zero-order valence-electron chi connectivity index (χ0n) is 9.48. The van der Waals surface area contributed by atoms with Crippen molar-refractivity contribution in [2.75, 3.05) is 18.4 Å². The summed E-state index contributed by atoms with van der Waals surface area (Å²) in [5, 5.41) is 8.70. The van der Waals surface area contributed by atoms with E-state index in [4.69, 9.17) is 0 Å². The number of aromatic nitrogens is 3. The van der Waals surface area contributed by atoms with Gasteiger partial charge in [-0.2, -0.15) is 10.1 Å². The molecule has 92 valence electrons. The number of hydrogen-bond acceptors (Lipinski definition) is 4. The Morgan fingerprint density at radius 1 is 1.47 bits per heavy atom. The van der Waals surface area contributed by atoms with Crippen LogP contribution in [0, 0.1) is 0 Å². The van der Waals surface area contributed by atoms with Gasteiger partial charge in [0, 0.05) is 13.0 Å². The van der Waals surface area contributed by atoms with Gasteiger partial charge in [-0.25, -0.2) is 5.10 Å². The van der Waals surface area contributed by atoms with Gasteiger partial charge < -0.3 is 4.90 Å². The van der Waals surface area contributed by atoms with E-state index < -0.39 is 0 Å². The third-order valence-electron chi connectivity index (χ3n) is 2.68. The number of carbonyl (C=O) groups is 2. The third kappa shape index (κ3) is 3.27. The van der Waals surface area contributed by atoms with Crippen LogP contribution in [0.2, 0.25) is 0 Å². The molecule has 0 unspecified atom stereocenters. The molecule has 1 saturated heterocycles. The number of rotatable bonds is 3. The molecule has 0 aromatic carbocycles. The van der Waals surface area contributed by atoms with E-state index in [1.807, 2.05) is 0 Å². The fraction of sp³-hybridized carbons (Fsp3) is 0.600. The van der Waals surface area contributed by atoms with Crippen LogP contribution in [0.15, 0.2) is 6.33 Å². The Labute approximate surface area is 98.6 Å². The van der Waals surface area contributed by atoms with E-state index in [9.17, 15) is 9.59 Å². The molecule has 0 bridgehead atoms. The van der Waals surface area contributed by atoms with Crippen LogP contribution in [0.4, 0.5) is 5.95 Å². The summed E-state index contributed by atoms with van der Waals surface area (Å²) in [5.41, 5.74) is 0. The Morgan fingerprint density at radius 3 is 3.12 bits per heavy atom. The molecule has 1 aliphatic heterocycles. The topological polar surface area (TPSA) is 91.0 Å². The Morgan fingerprint density at radius 2 is 2.35 bits per heavy atom. The summed E-state index contributed by atoms with van der Waals surface area (Å²) < 4.78 is 0. The number of aromatic amines is 1. The van der Waals surface area contributed by atoms with Gasteiger partial charge in [0.05, 0.1) is 6.54 Å². The molecule has 17 heavy (non-hydrogen) atoms. The van der Waals surface area contributed by atoms with E-state index in [-0.39, 0.29) is 18.4 Å². The number of nitrogens with one attached hydrogen (secondary N) is 2. The van der Waals surface area contributed by atoms with Crippen molar-refractivity contribution in [2.45, 2.75) is 25.7 Å². The summed E-state index contributed by atoms with van der Waals surface area (Å²) in [6.45, 7) is 0.738. The van der Waals surface area contributed by atoms with Crippen molar-refractivity contribution in [3.8, 4) is 0 Å². The van der Waals surface area contributed by atoms with Gasteiger partial charge in [0.1, 0.15) is 6.33 Å². The lowest BCUT2D eigenvalue weighted by atomic mass is 10.2. The highest BCUT2D eigenvalue weighted by atomic mass is 16.2. The lowest BCUT2D eigenvalue weighted by Crippen LogP contribution is -2.37. The van der Waals surface area contributed by atoms with Crippen LogP contribution < -0.4 is 5.32 Å². The molecule has 2 rings (SSSR count). The molecule has 0 saturated carbocycles. The summed E-state index contributed by atoms with van der Waals surface area (Å²) in [7, 11) is 0. The van der Waals surface area contributed by atoms with E-state index in [0.29, 0.717) is 18.9 Å². The Kier molecular flexibility index (Phi) is 3.69.